The topological polar surface area (TPSA) is 37.4 Å². The van der Waals surface area contributed by atoms with Crippen LogP contribution in [0.1, 0.15) is 19.4 Å². The highest BCUT2D eigenvalue weighted by molar-refractivity contribution is 5.57. The Kier molecular flexibility index (Phi) is 2.31. The van der Waals surface area contributed by atoms with Gasteiger partial charge in [0.15, 0.2) is 0 Å². The lowest BCUT2D eigenvalue weighted by molar-refractivity contribution is 0.847. The van der Waals surface area contributed by atoms with Gasteiger partial charge < -0.3 is 4.90 Å². The van der Waals surface area contributed by atoms with Gasteiger partial charge in [-0.2, -0.15) is 0 Å². The minimum absolute atomic E-state index is 0.322. The van der Waals surface area contributed by atoms with E-state index >= 15 is 0 Å². The van der Waals surface area contributed by atoms with E-state index in [9.17, 15) is 9.59 Å². The Labute approximate surface area is 71.3 Å². The van der Waals surface area contributed by atoms with Crippen molar-refractivity contribution in [3.8, 4) is 0 Å². The van der Waals surface area contributed by atoms with Crippen LogP contribution in [0.2, 0.25) is 0 Å². The predicted molar refractivity (Wildman–Crippen MR) is 49.7 cm³/mol. The summed E-state index contributed by atoms with van der Waals surface area (Å²) in [6.45, 7) is 7.21. The van der Waals surface area contributed by atoms with Gasteiger partial charge in [0.25, 0.3) is 0 Å². The largest absolute Gasteiger partial charge is 0.368 e. The lowest BCUT2D eigenvalue weighted by Crippen LogP contribution is -2.42. The van der Waals surface area contributed by atoms with E-state index in [1.54, 1.807) is 6.92 Å². The maximum Gasteiger partial charge on any atom is 0.249 e. The van der Waals surface area contributed by atoms with Crippen molar-refractivity contribution in [2.75, 3.05) is 18.0 Å². The molecule has 0 amide bonds. The molecule has 0 aliphatic rings. The minimum atomic E-state index is -0.323. The molecule has 0 atom stereocenters. The molecule has 1 aromatic rings. The summed E-state index contributed by atoms with van der Waals surface area (Å²) in [7, 11) is 0. The van der Waals surface area contributed by atoms with Crippen molar-refractivity contribution in [3.05, 3.63) is 26.0 Å². The molecule has 66 valence electrons. The molecule has 0 bridgehead atoms. The van der Waals surface area contributed by atoms with Gasteiger partial charge in [0.2, 0.25) is 10.9 Å². The van der Waals surface area contributed by atoms with E-state index in [1.807, 2.05) is 18.7 Å². The van der Waals surface area contributed by atoms with Crippen molar-refractivity contribution in [3.63, 3.8) is 0 Å². The fourth-order valence-electron chi connectivity index (χ4n) is 1.41. The molecular weight excluding hydrogens is 154 g/mol. The van der Waals surface area contributed by atoms with Gasteiger partial charge in [-0.3, -0.25) is 9.59 Å². The van der Waals surface area contributed by atoms with Crippen molar-refractivity contribution in [1.82, 2.24) is 0 Å². The molecule has 0 fully saturated rings. The number of anilines is 1. The molecule has 1 aromatic carbocycles. The lowest BCUT2D eigenvalue weighted by Gasteiger charge is -2.23. The molecule has 0 spiro atoms. The fourth-order valence-corrected chi connectivity index (χ4v) is 1.41. The van der Waals surface area contributed by atoms with Crippen LogP contribution in [0, 0.1) is 6.92 Å². The van der Waals surface area contributed by atoms with Gasteiger partial charge in [-0.25, -0.2) is 0 Å². The molecule has 0 saturated carbocycles. The third-order valence-electron chi connectivity index (χ3n) is 2.20. The average molecular weight is 167 g/mol. The Hall–Kier alpha value is -1.12. The van der Waals surface area contributed by atoms with E-state index in [0.717, 1.165) is 13.1 Å². The van der Waals surface area contributed by atoms with Gasteiger partial charge >= 0.3 is 0 Å². The highest BCUT2D eigenvalue weighted by Gasteiger charge is 2.20. The molecule has 0 heterocycles. The summed E-state index contributed by atoms with van der Waals surface area (Å²) in [5.41, 5.74) is 0.585. The second-order valence-electron chi connectivity index (χ2n) is 2.80. The molecule has 0 N–H and O–H groups in total. The van der Waals surface area contributed by atoms with Crippen molar-refractivity contribution in [2.45, 2.75) is 20.8 Å². The second kappa shape index (κ2) is 3.09. The molecule has 0 saturated heterocycles. The first-order valence-corrected chi connectivity index (χ1v) is 4.18. The maximum absolute atomic E-state index is 11.1. The summed E-state index contributed by atoms with van der Waals surface area (Å²) in [6, 6.07) is 0. The first-order chi connectivity index (χ1) is 5.63. The Morgan fingerprint density at radius 1 is 1.08 bits per heavy atom. The van der Waals surface area contributed by atoms with Crippen LogP contribution in [0.3, 0.4) is 0 Å². The number of nitrogens with zero attached hydrogens (tertiary/aromatic N) is 1. The van der Waals surface area contributed by atoms with Gasteiger partial charge in [-0.05, 0) is 20.8 Å². The van der Waals surface area contributed by atoms with Crippen LogP contribution >= 0.6 is 0 Å². The summed E-state index contributed by atoms with van der Waals surface area (Å²) in [5, 5.41) is 0. The van der Waals surface area contributed by atoms with Gasteiger partial charge in [0, 0.05) is 18.7 Å². The lowest BCUT2D eigenvalue weighted by atomic mass is 10.1. The Bertz CT molecular complexity index is 343. The first kappa shape index (κ1) is 8.97. The summed E-state index contributed by atoms with van der Waals surface area (Å²) >= 11 is 0. The van der Waals surface area contributed by atoms with Crippen LogP contribution in [0.5, 0.6) is 0 Å². The third kappa shape index (κ3) is 1.05. The average Bonchev–Trinajstić information content (AvgIpc) is 2.12. The molecule has 0 radical (unpaired) electrons. The maximum atomic E-state index is 11.1. The van der Waals surface area contributed by atoms with Crippen LogP contribution in [-0.4, -0.2) is 13.1 Å². The fraction of sp³-hybridized carbons (Fsp3) is 0.556. The predicted octanol–water partition coefficient (Wildman–Crippen LogP) is 0.437. The number of hydrogen-bond donors (Lipinski definition) is 0. The minimum Gasteiger partial charge on any atom is -0.368 e. The molecule has 3 heteroatoms. The molecule has 12 heavy (non-hydrogen) atoms. The highest BCUT2D eigenvalue weighted by Crippen LogP contribution is 2.11. The normalized spacial score (nSPS) is 10.6. The van der Waals surface area contributed by atoms with Crippen LogP contribution in [0.25, 0.3) is 0 Å². The number of rotatable bonds is 3. The van der Waals surface area contributed by atoms with Crippen LogP contribution < -0.4 is 15.8 Å². The van der Waals surface area contributed by atoms with Gasteiger partial charge in [-0.15, -0.1) is 0 Å². The highest BCUT2D eigenvalue weighted by atomic mass is 16.2. The zero-order valence-electron chi connectivity index (χ0n) is 7.68. The summed E-state index contributed by atoms with van der Waals surface area (Å²) in [5.74, 6) is 0. The van der Waals surface area contributed by atoms with Crippen LogP contribution in [0.15, 0.2) is 9.59 Å². The molecule has 1 rings (SSSR count). The van der Waals surface area contributed by atoms with E-state index in [1.165, 1.54) is 0 Å². The third-order valence-corrected chi connectivity index (χ3v) is 2.20. The quantitative estimate of drug-likeness (QED) is 0.613. The van der Waals surface area contributed by atoms with Gasteiger partial charge in [0.05, 0.1) is 5.69 Å². The smallest absolute Gasteiger partial charge is 0.249 e. The van der Waals surface area contributed by atoms with E-state index in [2.05, 4.69) is 0 Å². The Balaban J connectivity index is 3.05. The molecule has 0 unspecified atom stereocenters. The number of hydrogen-bond acceptors (Lipinski definition) is 3. The Morgan fingerprint density at radius 2 is 1.58 bits per heavy atom. The molecule has 0 aliphatic heterocycles. The van der Waals surface area contributed by atoms with Gasteiger partial charge in [-0.1, -0.05) is 0 Å². The summed E-state index contributed by atoms with van der Waals surface area (Å²) < 4.78 is 0. The van der Waals surface area contributed by atoms with E-state index < -0.39 is 0 Å². The SMILES string of the molecule is CCN(CC)c1c(C)c(=O)c1=O. The van der Waals surface area contributed by atoms with E-state index in [4.69, 9.17) is 0 Å². The second-order valence-corrected chi connectivity index (χ2v) is 2.80. The van der Waals surface area contributed by atoms with Crippen molar-refractivity contribution in [1.29, 1.82) is 0 Å². The standard InChI is InChI=1S/C9H13NO2/c1-4-10(5-2)7-6(3)8(11)9(7)12/h4-5H2,1-3H3. The van der Waals surface area contributed by atoms with Crippen molar-refractivity contribution >= 4 is 5.69 Å². The summed E-state index contributed by atoms with van der Waals surface area (Å²) in [4.78, 5) is 23.9. The monoisotopic (exact) mass is 167 g/mol. The summed E-state index contributed by atoms with van der Waals surface area (Å²) in [6.07, 6.45) is 0. The zero-order valence-corrected chi connectivity index (χ0v) is 7.68. The van der Waals surface area contributed by atoms with E-state index in [-0.39, 0.29) is 10.9 Å². The molecular formula is C9H13NO2. The van der Waals surface area contributed by atoms with Crippen molar-refractivity contribution < 1.29 is 0 Å². The molecule has 3 nitrogen and oxygen atoms in total. The van der Waals surface area contributed by atoms with Crippen LogP contribution in [-0.2, 0) is 0 Å². The molecule has 0 aromatic heterocycles. The van der Waals surface area contributed by atoms with Crippen molar-refractivity contribution in [2.24, 2.45) is 0 Å². The van der Waals surface area contributed by atoms with E-state index in [0.29, 0.717) is 11.3 Å². The molecule has 0 aliphatic carbocycles. The Morgan fingerprint density at radius 3 is 1.92 bits per heavy atom. The van der Waals surface area contributed by atoms with Gasteiger partial charge in [0.1, 0.15) is 0 Å². The first-order valence-electron chi connectivity index (χ1n) is 4.18. The van der Waals surface area contributed by atoms with Crippen LogP contribution in [0.4, 0.5) is 5.69 Å². The zero-order chi connectivity index (χ0) is 9.30.